The largest absolute Gasteiger partial charge is 0.305 e. The van der Waals surface area contributed by atoms with Gasteiger partial charge in [-0.05, 0) is 43.5 Å². The molecule has 1 atom stereocenters. The SMILES string of the molecule is CCCNC(c1ccc(C)cc1Cl)c1cnnn1CCC. The van der Waals surface area contributed by atoms with E-state index in [1.165, 1.54) is 0 Å². The molecule has 0 amide bonds. The van der Waals surface area contributed by atoms with Gasteiger partial charge in [0.1, 0.15) is 0 Å². The average molecular weight is 307 g/mol. The normalized spacial score (nSPS) is 12.6. The van der Waals surface area contributed by atoms with Crippen LogP contribution in [0.4, 0.5) is 0 Å². The third kappa shape index (κ3) is 3.83. The molecular formula is C16H23ClN4. The lowest BCUT2D eigenvalue weighted by Crippen LogP contribution is -2.26. The molecule has 2 aromatic rings. The van der Waals surface area contributed by atoms with Crippen molar-refractivity contribution in [2.24, 2.45) is 0 Å². The molecule has 1 unspecified atom stereocenters. The van der Waals surface area contributed by atoms with Gasteiger partial charge < -0.3 is 5.32 Å². The molecule has 1 aromatic heterocycles. The number of hydrogen-bond donors (Lipinski definition) is 1. The van der Waals surface area contributed by atoms with Gasteiger partial charge in [0.25, 0.3) is 0 Å². The average Bonchev–Trinajstić information content (AvgIpc) is 2.90. The number of aryl methyl sites for hydroxylation is 2. The van der Waals surface area contributed by atoms with E-state index < -0.39 is 0 Å². The first kappa shape index (κ1) is 16.0. The molecule has 4 nitrogen and oxygen atoms in total. The van der Waals surface area contributed by atoms with E-state index in [1.807, 2.05) is 23.9 Å². The van der Waals surface area contributed by atoms with Crippen LogP contribution in [0.1, 0.15) is 49.6 Å². The van der Waals surface area contributed by atoms with Crippen LogP contribution >= 0.6 is 11.6 Å². The fraction of sp³-hybridized carbons (Fsp3) is 0.500. The van der Waals surface area contributed by atoms with Crippen LogP contribution in [-0.2, 0) is 6.54 Å². The Kier molecular flexibility index (Phi) is 5.76. The van der Waals surface area contributed by atoms with Crippen molar-refractivity contribution in [2.45, 2.75) is 46.2 Å². The van der Waals surface area contributed by atoms with Gasteiger partial charge in [0.05, 0.1) is 17.9 Å². The molecule has 114 valence electrons. The lowest BCUT2D eigenvalue weighted by molar-refractivity contribution is 0.504. The third-order valence-electron chi connectivity index (χ3n) is 3.44. The molecule has 0 aliphatic carbocycles. The van der Waals surface area contributed by atoms with E-state index in [4.69, 9.17) is 11.6 Å². The summed E-state index contributed by atoms with van der Waals surface area (Å²) in [7, 11) is 0. The molecular weight excluding hydrogens is 284 g/mol. The van der Waals surface area contributed by atoms with E-state index in [-0.39, 0.29) is 6.04 Å². The highest BCUT2D eigenvalue weighted by atomic mass is 35.5. The maximum absolute atomic E-state index is 6.46. The highest BCUT2D eigenvalue weighted by Gasteiger charge is 2.20. The van der Waals surface area contributed by atoms with Gasteiger partial charge in [0.15, 0.2) is 0 Å². The molecule has 0 aliphatic heterocycles. The second kappa shape index (κ2) is 7.57. The van der Waals surface area contributed by atoms with Crippen molar-refractivity contribution >= 4 is 11.6 Å². The van der Waals surface area contributed by atoms with E-state index in [2.05, 4.69) is 41.6 Å². The summed E-state index contributed by atoms with van der Waals surface area (Å²) in [5, 5.41) is 12.6. The zero-order chi connectivity index (χ0) is 15.2. The molecule has 2 rings (SSSR count). The van der Waals surface area contributed by atoms with Gasteiger partial charge in [0, 0.05) is 11.6 Å². The maximum Gasteiger partial charge on any atom is 0.0802 e. The summed E-state index contributed by atoms with van der Waals surface area (Å²) in [5.74, 6) is 0. The van der Waals surface area contributed by atoms with Crippen LogP contribution in [0, 0.1) is 6.92 Å². The Balaban J connectivity index is 2.39. The Morgan fingerprint density at radius 1 is 1.29 bits per heavy atom. The van der Waals surface area contributed by atoms with Gasteiger partial charge in [-0.1, -0.05) is 42.8 Å². The van der Waals surface area contributed by atoms with Crippen LogP contribution in [0.15, 0.2) is 24.4 Å². The lowest BCUT2D eigenvalue weighted by atomic mass is 10.0. The quantitative estimate of drug-likeness (QED) is 0.847. The minimum Gasteiger partial charge on any atom is -0.305 e. The second-order valence-electron chi connectivity index (χ2n) is 5.29. The molecule has 0 aliphatic rings. The summed E-state index contributed by atoms with van der Waals surface area (Å²) in [6, 6.07) is 6.22. The van der Waals surface area contributed by atoms with Crippen LogP contribution in [0.25, 0.3) is 0 Å². The highest BCUT2D eigenvalue weighted by molar-refractivity contribution is 6.31. The Morgan fingerprint density at radius 2 is 2.10 bits per heavy atom. The van der Waals surface area contributed by atoms with Crippen molar-refractivity contribution in [1.82, 2.24) is 20.3 Å². The predicted octanol–water partition coefficient (Wildman–Crippen LogP) is 3.74. The summed E-state index contributed by atoms with van der Waals surface area (Å²) < 4.78 is 1.96. The van der Waals surface area contributed by atoms with E-state index in [1.54, 1.807) is 0 Å². The molecule has 0 spiro atoms. The van der Waals surface area contributed by atoms with Crippen molar-refractivity contribution in [3.63, 3.8) is 0 Å². The molecule has 1 N–H and O–H groups in total. The van der Waals surface area contributed by atoms with Crippen LogP contribution in [0.2, 0.25) is 5.02 Å². The van der Waals surface area contributed by atoms with Crippen LogP contribution in [0.5, 0.6) is 0 Å². The molecule has 0 saturated heterocycles. The highest BCUT2D eigenvalue weighted by Crippen LogP contribution is 2.29. The van der Waals surface area contributed by atoms with Crippen molar-refractivity contribution in [3.8, 4) is 0 Å². The Hall–Kier alpha value is -1.39. The summed E-state index contributed by atoms with van der Waals surface area (Å²) in [6.45, 7) is 8.13. The van der Waals surface area contributed by atoms with Gasteiger partial charge in [0.2, 0.25) is 0 Å². The molecule has 21 heavy (non-hydrogen) atoms. The van der Waals surface area contributed by atoms with Gasteiger partial charge >= 0.3 is 0 Å². The van der Waals surface area contributed by atoms with Gasteiger partial charge in [-0.2, -0.15) is 0 Å². The lowest BCUT2D eigenvalue weighted by Gasteiger charge is -2.21. The monoisotopic (exact) mass is 306 g/mol. The van der Waals surface area contributed by atoms with Gasteiger partial charge in [-0.15, -0.1) is 5.10 Å². The standard InChI is InChI=1S/C16H23ClN4/c1-4-8-18-16(13-7-6-12(3)10-14(13)17)15-11-19-20-21(15)9-5-2/h6-7,10-11,16,18H,4-5,8-9H2,1-3H3. The number of halogens is 1. The Labute approximate surface area is 131 Å². The second-order valence-corrected chi connectivity index (χ2v) is 5.70. The number of nitrogens with zero attached hydrogens (tertiary/aromatic N) is 3. The number of benzene rings is 1. The molecule has 5 heteroatoms. The number of hydrogen-bond acceptors (Lipinski definition) is 3. The smallest absolute Gasteiger partial charge is 0.0802 e. The van der Waals surface area contributed by atoms with Crippen molar-refractivity contribution < 1.29 is 0 Å². The zero-order valence-corrected chi connectivity index (χ0v) is 13.7. The molecule has 0 bridgehead atoms. The first-order chi connectivity index (χ1) is 10.2. The van der Waals surface area contributed by atoms with Crippen LogP contribution in [0.3, 0.4) is 0 Å². The maximum atomic E-state index is 6.46. The van der Waals surface area contributed by atoms with Gasteiger partial charge in [-0.3, -0.25) is 0 Å². The molecule has 0 radical (unpaired) electrons. The molecule has 0 fully saturated rings. The number of rotatable bonds is 7. The van der Waals surface area contributed by atoms with Crippen molar-refractivity contribution in [3.05, 3.63) is 46.2 Å². The number of nitrogens with one attached hydrogen (secondary N) is 1. The minimum absolute atomic E-state index is 0.0274. The fourth-order valence-corrected chi connectivity index (χ4v) is 2.75. The predicted molar refractivity (Wildman–Crippen MR) is 86.6 cm³/mol. The van der Waals surface area contributed by atoms with Crippen molar-refractivity contribution in [1.29, 1.82) is 0 Å². The minimum atomic E-state index is 0.0274. The Morgan fingerprint density at radius 3 is 2.76 bits per heavy atom. The summed E-state index contributed by atoms with van der Waals surface area (Å²) in [4.78, 5) is 0. The van der Waals surface area contributed by atoms with E-state index >= 15 is 0 Å². The first-order valence-corrected chi connectivity index (χ1v) is 7.93. The van der Waals surface area contributed by atoms with Crippen molar-refractivity contribution in [2.75, 3.05) is 6.54 Å². The van der Waals surface area contributed by atoms with Gasteiger partial charge in [-0.25, -0.2) is 4.68 Å². The van der Waals surface area contributed by atoms with Crippen LogP contribution in [-0.4, -0.2) is 21.5 Å². The topological polar surface area (TPSA) is 42.7 Å². The van der Waals surface area contributed by atoms with E-state index in [0.717, 1.165) is 47.8 Å². The van der Waals surface area contributed by atoms with Crippen LogP contribution < -0.4 is 5.32 Å². The zero-order valence-electron chi connectivity index (χ0n) is 12.9. The summed E-state index contributed by atoms with van der Waals surface area (Å²) >= 11 is 6.46. The van der Waals surface area contributed by atoms with E-state index in [9.17, 15) is 0 Å². The number of aromatic nitrogens is 3. The summed E-state index contributed by atoms with van der Waals surface area (Å²) in [5.41, 5.74) is 3.31. The first-order valence-electron chi connectivity index (χ1n) is 7.55. The Bertz CT molecular complexity index is 579. The molecule has 0 saturated carbocycles. The molecule has 1 heterocycles. The summed E-state index contributed by atoms with van der Waals surface area (Å²) in [6.07, 6.45) is 3.92. The third-order valence-corrected chi connectivity index (χ3v) is 3.77. The molecule has 1 aromatic carbocycles. The van der Waals surface area contributed by atoms with E-state index in [0.29, 0.717) is 0 Å². The fourth-order valence-electron chi connectivity index (χ4n) is 2.40.